The zero-order chi connectivity index (χ0) is 29.0. The molecule has 0 fully saturated rings. The monoisotopic (exact) mass is 553 g/mol. The summed E-state index contributed by atoms with van der Waals surface area (Å²) in [6.45, 7) is 4.73. The van der Waals surface area contributed by atoms with Gasteiger partial charge in [-0.2, -0.15) is 5.10 Å². The van der Waals surface area contributed by atoms with E-state index in [1.54, 1.807) is 54.6 Å². The third kappa shape index (κ3) is 7.92. The molecule has 0 spiro atoms. The zero-order valence-corrected chi connectivity index (χ0v) is 22.9. The molecule has 0 saturated carbocycles. The molecule has 9 nitrogen and oxygen atoms in total. The molecule has 210 valence electrons. The highest BCUT2D eigenvalue weighted by molar-refractivity contribution is 6.04. The van der Waals surface area contributed by atoms with Crippen molar-refractivity contribution in [3.63, 3.8) is 0 Å². The lowest BCUT2D eigenvalue weighted by Gasteiger charge is -2.11. The standard InChI is InChI=1S/C32H31N3O6/c1-3-19-40-26-14-9-23(10-15-26)31(37)33-21-30(36)35-34-20-28-27-8-6-5-7-22(27)13-18-29(28)41-32(38)24-11-16-25(17-12-24)39-4-2/h5-18,20H,3-4,19,21H2,1-2H3,(H,33,37)(H,35,36)/b34-20-. The number of rotatable bonds is 12. The average molecular weight is 554 g/mol. The lowest BCUT2D eigenvalue weighted by atomic mass is 10.0. The molecule has 2 amide bonds. The van der Waals surface area contributed by atoms with E-state index in [1.807, 2.05) is 44.2 Å². The number of amides is 2. The van der Waals surface area contributed by atoms with Crippen LogP contribution in [0.15, 0.2) is 90.0 Å². The van der Waals surface area contributed by atoms with Crippen molar-refractivity contribution in [1.82, 2.24) is 10.7 Å². The first-order chi connectivity index (χ1) is 20.0. The van der Waals surface area contributed by atoms with Gasteiger partial charge in [0.05, 0.1) is 31.5 Å². The van der Waals surface area contributed by atoms with Crippen LogP contribution in [0.2, 0.25) is 0 Å². The van der Waals surface area contributed by atoms with Gasteiger partial charge in [-0.05, 0) is 78.7 Å². The Bertz CT molecular complexity index is 1530. The van der Waals surface area contributed by atoms with E-state index in [0.717, 1.165) is 17.2 Å². The van der Waals surface area contributed by atoms with Crippen LogP contribution in [0.4, 0.5) is 0 Å². The van der Waals surface area contributed by atoms with Gasteiger partial charge < -0.3 is 19.5 Å². The Balaban J connectivity index is 1.40. The first-order valence-corrected chi connectivity index (χ1v) is 13.3. The van der Waals surface area contributed by atoms with Crippen molar-refractivity contribution in [3.05, 3.63) is 102 Å². The van der Waals surface area contributed by atoms with Gasteiger partial charge in [0.15, 0.2) is 0 Å². The number of fused-ring (bicyclic) bond motifs is 1. The number of ether oxygens (including phenoxy) is 3. The van der Waals surface area contributed by atoms with Crippen molar-refractivity contribution in [2.75, 3.05) is 19.8 Å². The molecule has 0 heterocycles. The largest absolute Gasteiger partial charge is 0.494 e. The van der Waals surface area contributed by atoms with Crippen molar-refractivity contribution in [1.29, 1.82) is 0 Å². The molecular formula is C32H31N3O6. The predicted octanol–water partition coefficient (Wildman–Crippen LogP) is 5.13. The number of hydrogen-bond acceptors (Lipinski definition) is 7. The molecule has 0 radical (unpaired) electrons. The van der Waals surface area contributed by atoms with Gasteiger partial charge in [0.1, 0.15) is 17.2 Å². The summed E-state index contributed by atoms with van der Waals surface area (Å²) in [5.74, 6) is 0.141. The normalized spacial score (nSPS) is 10.8. The van der Waals surface area contributed by atoms with Gasteiger partial charge in [-0.1, -0.05) is 37.3 Å². The van der Waals surface area contributed by atoms with Crippen molar-refractivity contribution >= 4 is 34.8 Å². The summed E-state index contributed by atoms with van der Waals surface area (Å²) < 4.78 is 16.6. The highest BCUT2D eigenvalue weighted by Crippen LogP contribution is 2.27. The number of hydrazone groups is 1. The fourth-order valence-corrected chi connectivity index (χ4v) is 3.90. The molecule has 0 bridgehead atoms. The van der Waals surface area contributed by atoms with Crippen molar-refractivity contribution in [2.24, 2.45) is 5.10 Å². The predicted molar refractivity (Wildman–Crippen MR) is 157 cm³/mol. The van der Waals surface area contributed by atoms with Crippen LogP contribution in [0.25, 0.3) is 10.8 Å². The van der Waals surface area contributed by atoms with E-state index < -0.39 is 17.8 Å². The van der Waals surface area contributed by atoms with E-state index in [9.17, 15) is 14.4 Å². The Morgan fingerprint density at radius 1 is 0.805 bits per heavy atom. The van der Waals surface area contributed by atoms with E-state index in [-0.39, 0.29) is 12.3 Å². The molecule has 4 rings (SSSR count). The summed E-state index contributed by atoms with van der Waals surface area (Å²) in [6.07, 6.45) is 2.30. The van der Waals surface area contributed by atoms with Gasteiger partial charge in [0, 0.05) is 11.1 Å². The molecule has 0 atom stereocenters. The SMILES string of the molecule is CCCOc1ccc(C(=O)NCC(=O)N/N=C\c2c(OC(=O)c3ccc(OCC)cc3)ccc3ccccc23)cc1. The van der Waals surface area contributed by atoms with Gasteiger partial charge in [-0.15, -0.1) is 0 Å². The van der Waals surface area contributed by atoms with Gasteiger partial charge in [0.2, 0.25) is 0 Å². The Kier molecular flexibility index (Phi) is 10.0. The van der Waals surface area contributed by atoms with E-state index in [1.165, 1.54) is 6.21 Å². The van der Waals surface area contributed by atoms with Crippen LogP contribution in [-0.2, 0) is 4.79 Å². The van der Waals surface area contributed by atoms with Crippen molar-refractivity contribution in [3.8, 4) is 17.2 Å². The third-order valence-electron chi connectivity index (χ3n) is 5.92. The molecule has 0 aromatic heterocycles. The van der Waals surface area contributed by atoms with Crippen LogP contribution < -0.4 is 25.0 Å². The van der Waals surface area contributed by atoms with E-state index in [2.05, 4.69) is 15.8 Å². The van der Waals surface area contributed by atoms with Crippen LogP contribution in [0.5, 0.6) is 17.2 Å². The summed E-state index contributed by atoms with van der Waals surface area (Å²) >= 11 is 0. The Hall–Kier alpha value is -5.18. The Labute approximate surface area is 238 Å². The van der Waals surface area contributed by atoms with Crippen LogP contribution in [-0.4, -0.2) is 43.8 Å². The highest BCUT2D eigenvalue weighted by Gasteiger charge is 2.14. The number of carbonyl (C=O) groups is 3. The maximum Gasteiger partial charge on any atom is 0.343 e. The minimum absolute atomic E-state index is 0.278. The minimum Gasteiger partial charge on any atom is -0.494 e. The van der Waals surface area contributed by atoms with Crippen LogP contribution >= 0.6 is 0 Å². The van der Waals surface area contributed by atoms with Gasteiger partial charge in [-0.3, -0.25) is 9.59 Å². The average Bonchev–Trinajstić information content (AvgIpc) is 3.00. The van der Waals surface area contributed by atoms with Crippen LogP contribution in [0, 0.1) is 0 Å². The number of esters is 1. The van der Waals surface area contributed by atoms with Gasteiger partial charge in [-0.25, -0.2) is 10.2 Å². The van der Waals surface area contributed by atoms with Crippen LogP contribution in [0.3, 0.4) is 0 Å². The Morgan fingerprint density at radius 2 is 1.49 bits per heavy atom. The molecule has 4 aromatic carbocycles. The van der Waals surface area contributed by atoms with Crippen molar-refractivity contribution < 1.29 is 28.6 Å². The smallest absolute Gasteiger partial charge is 0.343 e. The molecule has 0 saturated heterocycles. The topological polar surface area (TPSA) is 115 Å². The maximum atomic E-state index is 12.9. The van der Waals surface area contributed by atoms with Crippen molar-refractivity contribution in [2.45, 2.75) is 20.3 Å². The minimum atomic E-state index is -0.547. The lowest BCUT2D eigenvalue weighted by molar-refractivity contribution is -0.120. The number of nitrogens with zero attached hydrogens (tertiary/aromatic N) is 1. The number of hydrogen-bond donors (Lipinski definition) is 2. The molecule has 9 heteroatoms. The fraction of sp³-hybridized carbons (Fsp3) is 0.188. The summed E-state index contributed by atoms with van der Waals surface area (Å²) in [6, 6.07) is 24.4. The quantitative estimate of drug-likeness (QED) is 0.109. The van der Waals surface area contributed by atoms with E-state index in [0.29, 0.717) is 41.4 Å². The molecule has 0 aliphatic rings. The maximum absolute atomic E-state index is 12.9. The fourth-order valence-electron chi connectivity index (χ4n) is 3.90. The second-order valence-corrected chi connectivity index (χ2v) is 8.89. The van der Waals surface area contributed by atoms with Gasteiger partial charge >= 0.3 is 5.97 Å². The first kappa shape index (κ1) is 28.8. The van der Waals surface area contributed by atoms with E-state index in [4.69, 9.17) is 14.2 Å². The third-order valence-corrected chi connectivity index (χ3v) is 5.92. The van der Waals surface area contributed by atoms with Gasteiger partial charge in [0.25, 0.3) is 11.8 Å². The second kappa shape index (κ2) is 14.3. The molecule has 0 aliphatic heterocycles. The van der Waals surface area contributed by atoms with Crippen LogP contribution in [0.1, 0.15) is 46.5 Å². The number of nitrogens with one attached hydrogen (secondary N) is 2. The first-order valence-electron chi connectivity index (χ1n) is 13.3. The number of carbonyl (C=O) groups excluding carboxylic acids is 3. The molecule has 0 unspecified atom stereocenters. The van der Waals surface area contributed by atoms with E-state index >= 15 is 0 Å². The molecule has 0 aliphatic carbocycles. The number of benzene rings is 4. The summed E-state index contributed by atoms with van der Waals surface area (Å²) in [7, 11) is 0. The molecular weight excluding hydrogens is 522 g/mol. The summed E-state index contributed by atoms with van der Waals surface area (Å²) in [5, 5.41) is 8.30. The molecule has 2 N–H and O–H groups in total. The zero-order valence-electron chi connectivity index (χ0n) is 22.9. The molecule has 4 aromatic rings. The Morgan fingerprint density at radius 3 is 2.20 bits per heavy atom. The second-order valence-electron chi connectivity index (χ2n) is 8.89. The summed E-state index contributed by atoms with van der Waals surface area (Å²) in [4.78, 5) is 37.6. The lowest BCUT2D eigenvalue weighted by Crippen LogP contribution is -2.34. The molecule has 41 heavy (non-hydrogen) atoms. The summed E-state index contributed by atoms with van der Waals surface area (Å²) in [5.41, 5.74) is 3.68. The highest BCUT2D eigenvalue weighted by atomic mass is 16.5.